The molecule has 2 aromatic carbocycles. The lowest BCUT2D eigenvalue weighted by Gasteiger charge is -2.27. The Bertz CT molecular complexity index is 575. The zero-order chi connectivity index (χ0) is 14.3. The van der Waals surface area contributed by atoms with Crippen LogP contribution in [0.5, 0.6) is 0 Å². The van der Waals surface area contributed by atoms with E-state index in [0.717, 1.165) is 0 Å². The monoisotopic (exact) mass is 266 g/mol. The van der Waals surface area contributed by atoms with Crippen LogP contribution in [0.15, 0.2) is 48.5 Å². The van der Waals surface area contributed by atoms with Gasteiger partial charge in [0.2, 0.25) is 0 Å². The van der Waals surface area contributed by atoms with E-state index in [1.54, 1.807) is 0 Å². The molecule has 0 aromatic heterocycles. The van der Waals surface area contributed by atoms with Crippen molar-refractivity contribution in [2.24, 2.45) is 0 Å². The minimum Gasteiger partial charge on any atom is -0.378 e. The van der Waals surface area contributed by atoms with Crippen molar-refractivity contribution in [1.29, 1.82) is 0 Å². The summed E-state index contributed by atoms with van der Waals surface area (Å²) in [6.45, 7) is 0. The van der Waals surface area contributed by atoms with Gasteiger partial charge in [0, 0.05) is 39.4 Å². The number of benzene rings is 2. The summed E-state index contributed by atoms with van der Waals surface area (Å²) >= 11 is 0. The van der Waals surface area contributed by atoms with Crippen LogP contribution < -0.4 is 14.7 Å². The lowest BCUT2D eigenvalue weighted by Crippen LogP contribution is -2.31. The Balaban J connectivity index is 1.96. The summed E-state index contributed by atoms with van der Waals surface area (Å²) in [6, 6.07) is 17.2. The third kappa shape index (κ3) is 1.90. The molecule has 0 spiro atoms. The fourth-order valence-electron chi connectivity index (χ4n) is 2.78. The number of fused-ring (bicyclic) bond motifs is 1. The van der Waals surface area contributed by atoms with E-state index in [4.69, 9.17) is 0 Å². The molecule has 20 heavy (non-hydrogen) atoms. The van der Waals surface area contributed by atoms with E-state index < -0.39 is 0 Å². The highest BCUT2D eigenvalue weighted by atomic mass is 15.4. The maximum atomic E-state index is 2.25. The van der Waals surface area contributed by atoms with E-state index in [-0.39, 0.29) is 0 Å². The van der Waals surface area contributed by atoms with Gasteiger partial charge in [-0.25, -0.2) is 0 Å². The third-order valence-electron chi connectivity index (χ3n) is 3.88. The topological polar surface area (TPSA) is 9.72 Å². The Kier molecular flexibility index (Phi) is 3.05. The first kappa shape index (κ1) is 12.9. The second-order valence-electron chi connectivity index (χ2n) is 5.37. The second-order valence-corrected chi connectivity index (χ2v) is 5.37. The van der Waals surface area contributed by atoms with Crippen molar-refractivity contribution in [3.05, 3.63) is 60.3 Å². The summed E-state index contributed by atoms with van der Waals surface area (Å²) in [6.07, 6.45) is 1.22. The van der Waals surface area contributed by atoms with Crippen molar-refractivity contribution >= 4 is 17.1 Å². The fourth-order valence-corrected chi connectivity index (χ4v) is 2.78. The Morgan fingerprint density at radius 1 is 0.750 bits per heavy atom. The molecule has 0 fully saturated rings. The molecule has 3 rings (SSSR count). The van der Waals surface area contributed by atoms with E-state index in [1.165, 1.54) is 28.8 Å². The van der Waals surface area contributed by atoms with E-state index in [2.05, 4.69) is 91.4 Å². The van der Waals surface area contributed by atoms with Crippen molar-refractivity contribution in [1.82, 2.24) is 0 Å². The SMILES string of the molecule is CN(C)c1ccc([C]2N(C)c3ccccc3N2C)cc1. The van der Waals surface area contributed by atoms with Gasteiger partial charge in [0.15, 0.2) is 6.17 Å². The number of hydrogen-bond acceptors (Lipinski definition) is 3. The molecule has 0 N–H and O–H groups in total. The number of hydrogen-bond donors (Lipinski definition) is 0. The number of rotatable bonds is 2. The minimum atomic E-state index is 1.22. The molecule has 0 unspecified atom stereocenters. The van der Waals surface area contributed by atoms with Crippen LogP contribution in [-0.2, 0) is 0 Å². The van der Waals surface area contributed by atoms with Gasteiger partial charge in [0.25, 0.3) is 0 Å². The molecular weight excluding hydrogens is 246 g/mol. The normalized spacial score (nSPS) is 14.6. The lowest BCUT2D eigenvalue weighted by atomic mass is 10.1. The molecule has 0 atom stereocenters. The molecule has 1 radical (unpaired) electrons. The highest BCUT2D eigenvalue weighted by Gasteiger charge is 2.33. The van der Waals surface area contributed by atoms with Crippen LogP contribution in [0.4, 0.5) is 17.1 Å². The standard InChI is InChI=1S/C17H20N3/c1-18(2)14-11-9-13(10-12-14)17-19(3)15-7-5-6-8-16(15)20(17)4/h5-12H,1-4H3. The van der Waals surface area contributed by atoms with Gasteiger partial charge in [-0.05, 0) is 24.3 Å². The van der Waals surface area contributed by atoms with E-state index in [9.17, 15) is 0 Å². The molecule has 1 aliphatic heterocycles. The van der Waals surface area contributed by atoms with Gasteiger partial charge in [-0.15, -0.1) is 0 Å². The van der Waals surface area contributed by atoms with Crippen LogP contribution in [0.1, 0.15) is 5.56 Å². The van der Waals surface area contributed by atoms with Crippen molar-refractivity contribution in [2.45, 2.75) is 0 Å². The maximum Gasteiger partial charge on any atom is 0.187 e. The summed E-state index contributed by atoms with van der Waals surface area (Å²) < 4.78 is 0. The largest absolute Gasteiger partial charge is 0.378 e. The van der Waals surface area contributed by atoms with Crippen molar-refractivity contribution in [2.75, 3.05) is 42.9 Å². The molecule has 0 aliphatic carbocycles. The van der Waals surface area contributed by atoms with E-state index in [1.807, 2.05) is 0 Å². The Morgan fingerprint density at radius 3 is 1.70 bits per heavy atom. The molecule has 0 bridgehead atoms. The van der Waals surface area contributed by atoms with Gasteiger partial charge >= 0.3 is 0 Å². The molecule has 1 aliphatic rings. The Morgan fingerprint density at radius 2 is 1.25 bits per heavy atom. The molecule has 0 amide bonds. The maximum absolute atomic E-state index is 2.25. The summed E-state index contributed by atoms with van der Waals surface area (Å²) in [4.78, 5) is 6.62. The van der Waals surface area contributed by atoms with Gasteiger partial charge < -0.3 is 14.7 Å². The van der Waals surface area contributed by atoms with Crippen LogP contribution in [0.3, 0.4) is 0 Å². The smallest absolute Gasteiger partial charge is 0.187 e. The molecule has 103 valence electrons. The van der Waals surface area contributed by atoms with Crippen LogP contribution in [0.2, 0.25) is 0 Å². The third-order valence-corrected chi connectivity index (χ3v) is 3.88. The molecule has 3 nitrogen and oxygen atoms in total. The molecule has 0 saturated heterocycles. The van der Waals surface area contributed by atoms with Crippen molar-refractivity contribution in [3.63, 3.8) is 0 Å². The average molecular weight is 266 g/mol. The predicted octanol–water partition coefficient (Wildman–Crippen LogP) is 3.18. The molecule has 3 heteroatoms. The van der Waals surface area contributed by atoms with Gasteiger partial charge in [-0.1, -0.05) is 24.3 Å². The fraction of sp³-hybridized carbons (Fsp3) is 0.235. The first-order chi connectivity index (χ1) is 9.59. The number of nitrogens with zero attached hydrogens (tertiary/aromatic N) is 3. The molecule has 0 saturated carbocycles. The van der Waals surface area contributed by atoms with Gasteiger partial charge in [0.1, 0.15) is 0 Å². The van der Waals surface area contributed by atoms with Crippen LogP contribution in [0.25, 0.3) is 0 Å². The van der Waals surface area contributed by atoms with Gasteiger partial charge in [-0.3, -0.25) is 0 Å². The zero-order valence-corrected chi connectivity index (χ0v) is 12.5. The second kappa shape index (κ2) is 4.75. The molecular formula is C17H20N3. The summed E-state index contributed by atoms with van der Waals surface area (Å²) in [5, 5.41) is 0. The summed E-state index contributed by atoms with van der Waals surface area (Å²) in [5.74, 6) is 0. The Hall–Kier alpha value is -2.16. The quantitative estimate of drug-likeness (QED) is 0.826. The van der Waals surface area contributed by atoms with Crippen LogP contribution >= 0.6 is 0 Å². The van der Waals surface area contributed by atoms with Crippen LogP contribution in [0, 0.1) is 6.17 Å². The van der Waals surface area contributed by atoms with Gasteiger partial charge in [0.05, 0.1) is 11.4 Å². The molecule has 2 aromatic rings. The lowest BCUT2D eigenvalue weighted by molar-refractivity contribution is 0.909. The highest BCUT2D eigenvalue weighted by Crippen LogP contribution is 2.43. The minimum absolute atomic E-state index is 1.22. The zero-order valence-electron chi connectivity index (χ0n) is 12.5. The highest BCUT2D eigenvalue weighted by molar-refractivity contribution is 5.82. The molecule has 1 heterocycles. The van der Waals surface area contributed by atoms with E-state index >= 15 is 0 Å². The van der Waals surface area contributed by atoms with Crippen LogP contribution in [-0.4, -0.2) is 28.2 Å². The Labute approximate surface area is 121 Å². The average Bonchev–Trinajstić information content (AvgIpc) is 2.72. The predicted molar refractivity (Wildman–Crippen MR) is 86.4 cm³/mol. The summed E-state index contributed by atoms with van der Waals surface area (Å²) in [5.41, 5.74) is 4.95. The first-order valence-corrected chi connectivity index (χ1v) is 6.81. The first-order valence-electron chi connectivity index (χ1n) is 6.81. The number of anilines is 3. The van der Waals surface area contributed by atoms with Crippen molar-refractivity contribution in [3.8, 4) is 0 Å². The van der Waals surface area contributed by atoms with E-state index in [0.29, 0.717) is 0 Å². The number of para-hydroxylation sites is 2. The summed E-state index contributed by atoms with van der Waals surface area (Å²) in [7, 11) is 8.37. The van der Waals surface area contributed by atoms with Gasteiger partial charge in [-0.2, -0.15) is 0 Å². The van der Waals surface area contributed by atoms with Crippen molar-refractivity contribution < 1.29 is 0 Å².